The minimum absolute atomic E-state index is 0.863. The number of hydrogen-bond donors (Lipinski definition) is 1. The molecule has 3 heteroatoms. The summed E-state index contributed by atoms with van der Waals surface area (Å²) in [5, 5.41) is 4.63. The lowest BCUT2D eigenvalue weighted by molar-refractivity contribution is 0.482. The van der Waals surface area contributed by atoms with Gasteiger partial charge in [-0.15, -0.1) is 0 Å². The first-order chi connectivity index (χ1) is 11.8. The highest BCUT2D eigenvalue weighted by molar-refractivity contribution is 5.91. The summed E-state index contributed by atoms with van der Waals surface area (Å²) >= 11 is 0. The summed E-state index contributed by atoms with van der Waals surface area (Å²) in [7, 11) is 0. The molecular weight excluding hydrogens is 296 g/mol. The van der Waals surface area contributed by atoms with E-state index in [9.17, 15) is 0 Å². The molecule has 0 saturated heterocycles. The van der Waals surface area contributed by atoms with Gasteiger partial charge in [-0.2, -0.15) is 0 Å². The molecule has 0 amide bonds. The third-order valence-corrected chi connectivity index (χ3v) is 4.48. The van der Waals surface area contributed by atoms with Crippen molar-refractivity contribution in [2.24, 2.45) is 0 Å². The fourth-order valence-corrected chi connectivity index (χ4v) is 3.20. The van der Waals surface area contributed by atoms with Crippen LogP contribution < -0.4 is 10.1 Å². The average Bonchev–Trinajstić information content (AvgIpc) is 3.01. The average molecular weight is 312 g/mol. The third kappa shape index (κ3) is 1.98. The van der Waals surface area contributed by atoms with Crippen molar-refractivity contribution in [2.75, 3.05) is 5.32 Å². The molecule has 116 valence electrons. The number of hydrogen-bond acceptors (Lipinski definition) is 2. The molecule has 0 bridgehead atoms. The molecule has 0 radical (unpaired) electrons. The van der Waals surface area contributed by atoms with E-state index in [1.165, 1.54) is 5.56 Å². The van der Waals surface area contributed by atoms with Crippen molar-refractivity contribution < 1.29 is 4.74 Å². The lowest BCUT2D eigenvalue weighted by Crippen LogP contribution is -2.03. The van der Waals surface area contributed by atoms with Crippen LogP contribution in [0.4, 0.5) is 11.4 Å². The van der Waals surface area contributed by atoms with E-state index in [0.717, 1.165) is 39.5 Å². The number of rotatable bonds is 1. The summed E-state index contributed by atoms with van der Waals surface area (Å²) in [6.45, 7) is 2.10. The zero-order valence-electron chi connectivity index (χ0n) is 13.3. The highest BCUT2D eigenvalue weighted by Crippen LogP contribution is 2.43. The highest BCUT2D eigenvalue weighted by Gasteiger charge is 2.17. The smallest absolute Gasteiger partial charge is 0.151 e. The maximum Gasteiger partial charge on any atom is 0.151 e. The lowest BCUT2D eigenvalue weighted by atomic mass is 10.1. The Hall–Kier alpha value is -3.20. The zero-order chi connectivity index (χ0) is 16.1. The predicted octanol–water partition coefficient (Wildman–Crippen LogP) is 5.79. The molecule has 4 aromatic rings. The van der Waals surface area contributed by atoms with E-state index in [2.05, 4.69) is 65.5 Å². The number of nitrogens with zero attached hydrogens (tertiary/aromatic N) is 1. The van der Waals surface area contributed by atoms with Gasteiger partial charge < -0.3 is 14.6 Å². The van der Waals surface area contributed by atoms with Crippen LogP contribution in [0.15, 0.2) is 72.9 Å². The predicted molar refractivity (Wildman–Crippen MR) is 97.8 cm³/mol. The molecule has 0 aliphatic carbocycles. The first-order valence-electron chi connectivity index (χ1n) is 8.04. The molecule has 0 atom stereocenters. The molecular formula is C21H16N2O. The van der Waals surface area contributed by atoms with Gasteiger partial charge in [0.15, 0.2) is 11.5 Å². The number of anilines is 2. The standard InChI is InChI=1S/C21H16N2O/c1-14-6-8-16(9-7-14)23-11-10-15-12-21-18(13-19(15)23)22-17-4-2-3-5-20(17)24-21/h2-13,22H,1H3. The number of aromatic nitrogens is 1. The molecule has 5 rings (SSSR count). The van der Waals surface area contributed by atoms with Gasteiger partial charge in [-0.25, -0.2) is 0 Å². The topological polar surface area (TPSA) is 26.2 Å². The molecule has 0 unspecified atom stereocenters. The number of fused-ring (bicyclic) bond motifs is 3. The zero-order valence-corrected chi connectivity index (χ0v) is 13.3. The Kier molecular flexibility index (Phi) is 2.71. The van der Waals surface area contributed by atoms with Gasteiger partial charge in [0.05, 0.1) is 16.9 Å². The Morgan fingerprint density at radius 2 is 1.67 bits per heavy atom. The van der Waals surface area contributed by atoms with Crippen molar-refractivity contribution in [3.05, 3.63) is 78.5 Å². The van der Waals surface area contributed by atoms with Gasteiger partial charge in [0.1, 0.15) is 0 Å². The van der Waals surface area contributed by atoms with Crippen LogP contribution in [-0.2, 0) is 0 Å². The van der Waals surface area contributed by atoms with Crippen LogP contribution in [0.2, 0.25) is 0 Å². The normalized spacial score (nSPS) is 12.2. The first-order valence-corrected chi connectivity index (χ1v) is 8.04. The molecule has 24 heavy (non-hydrogen) atoms. The number of para-hydroxylation sites is 2. The summed E-state index contributed by atoms with van der Waals surface area (Å²) in [5.41, 5.74) is 5.58. The van der Waals surface area contributed by atoms with Crippen molar-refractivity contribution in [1.82, 2.24) is 4.57 Å². The SMILES string of the molecule is Cc1ccc(-n2ccc3cc4c(cc32)Nc2ccccc2O4)cc1. The molecule has 1 aliphatic heterocycles. The maximum atomic E-state index is 6.04. The molecule has 1 aliphatic rings. The van der Waals surface area contributed by atoms with Crippen LogP contribution in [0, 0.1) is 6.92 Å². The van der Waals surface area contributed by atoms with Gasteiger partial charge in [0, 0.05) is 17.3 Å². The Balaban J connectivity index is 1.66. The summed E-state index contributed by atoms with van der Waals surface area (Å²) in [6.07, 6.45) is 2.11. The first kappa shape index (κ1) is 13.3. The Labute approximate surface area is 140 Å². The number of benzene rings is 3. The van der Waals surface area contributed by atoms with E-state index in [4.69, 9.17) is 4.74 Å². The molecule has 0 saturated carbocycles. The second kappa shape index (κ2) is 4.90. The van der Waals surface area contributed by atoms with Gasteiger partial charge in [-0.05, 0) is 49.4 Å². The highest BCUT2D eigenvalue weighted by atomic mass is 16.5. The van der Waals surface area contributed by atoms with Crippen molar-refractivity contribution in [3.63, 3.8) is 0 Å². The third-order valence-electron chi connectivity index (χ3n) is 4.48. The van der Waals surface area contributed by atoms with Crippen molar-refractivity contribution in [1.29, 1.82) is 0 Å². The second-order valence-electron chi connectivity index (χ2n) is 6.15. The number of ether oxygens (including phenoxy) is 1. The van der Waals surface area contributed by atoms with Crippen LogP contribution in [-0.4, -0.2) is 4.57 Å². The van der Waals surface area contributed by atoms with E-state index >= 15 is 0 Å². The molecule has 1 N–H and O–H groups in total. The van der Waals surface area contributed by atoms with Crippen LogP contribution >= 0.6 is 0 Å². The van der Waals surface area contributed by atoms with E-state index < -0.39 is 0 Å². The molecule has 1 aromatic heterocycles. The van der Waals surface area contributed by atoms with Gasteiger partial charge in [-0.1, -0.05) is 29.8 Å². The van der Waals surface area contributed by atoms with Gasteiger partial charge in [0.25, 0.3) is 0 Å². The van der Waals surface area contributed by atoms with Crippen LogP contribution in [0.25, 0.3) is 16.6 Å². The maximum absolute atomic E-state index is 6.04. The monoisotopic (exact) mass is 312 g/mol. The van der Waals surface area contributed by atoms with Crippen molar-refractivity contribution >= 4 is 22.3 Å². The van der Waals surface area contributed by atoms with Gasteiger partial charge >= 0.3 is 0 Å². The molecule has 3 nitrogen and oxygen atoms in total. The van der Waals surface area contributed by atoms with Crippen LogP contribution in [0.1, 0.15) is 5.56 Å². The van der Waals surface area contributed by atoms with E-state index in [1.807, 2.05) is 24.3 Å². The van der Waals surface area contributed by atoms with Crippen molar-refractivity contribution in [2.45, 2.75) is 6.92 Å². The molecule has 0 fully saturated rings. The van der Waals surface area contributed by atoms with Crippen LogP contribution in [0.3, 0.4) is 0 Å². The van der Waals surface area contributed by atoms with Gasteiger partial charge in [-0.3, -0.25) is 0 Å². The number of aryl methyl sites for hydroxylation is 1. The summed E-state index contributed by atoms with van der Waals surface area (Å²) in [4.78, 5) is 0. The van der Waals surface area contributed by atoms with Crippen molar-refractivity contribution in [3.8, 4) is 17.2 Å². The molecule has 3 aromatic carbocycles. The fraction of sp³-hybridized carbons (Fsp3) is 0.0476. The minimum atomic E-state index is 0.863. The summed E-state index contributed by atoms with van der Waals surface area (Å²) in [6, 6.07) is 22.9. The molecule has 0 spiro atoms. The van der Waals surface area contributed by atoms with Gasteiger partial charge in [0.2, 0.25) is 0 Å². The Morgan fingerprint density at radius 1 is 0.833 bits per heavy atom. The summed E-state index contributed by atoms with van der Waals surface area (Å²) < 4.78 is 8.25. The number of nitrogens with one attached hydrogen (secondary N) is 1. The fourth-order valence-electron chi connectivity index (χ4n) is 3.20. The quantitative estimate of drug-likeness (QED) is 0.424. The van der Waals surface area contributed by atoms with E-state index in [-0.39, 0.29) is 0 Å². The Bertz CT molecular complexity index is 1060. The second-order valence-corrected chi connectivity index (χ2v) is 6.15. The van der Waals surface area contributed by atoms with Crippen LogP contribution in [0.5, 0.6) is 11.5 Å². The van der Waals surface area contributed by atoms with E-state index in [1.54, 1.807) is 0 Å². The molecule has 2 heterocycles. The Morgan fingerprint density at radius 3 is 2.54 bits per heavy atom. The van der Waals surface area contributed by atoms with E-state index in [0.29, 0.717) is 0 Å². The summed E-state index contributed by atoms with van der Waals surface area (Å²) in [5.74, 6) is 1.73. The minimum Gasteiger partial charge on any atom is -0.453 e. The lowest BCUT2D eigenvalue weighted by Gasteiger charge is -2.22. The largest absolute Gasteiger partial charge is 0.453 e.